The summed E-state index contributed by atoms with van der Waals surface area (Å²) in [6, 6.07) is 14.8. The summed E-state index contributed by atoms with van der Waals surface area (Å²) in [4.78, 5) is 23.6. The highest BCUT2D eigenvalue weighted by atomic mass is 16.5. The molecule has 0 aliphatic rings. The number of ether oxygens (including phenoxy) is 2. The molecule has 1 amide bonds. The van der Waals surface area contributed by atoms with Gasteiger partial charge in [-0.25, -0.2) is 4.79 Å². The molecule has 0 fully saturated rings. The predicted octanol–water partition coefficient (Wildman–Crippen LogP) is 4.42. The molecular formula is C24H31NO5. The van der Waals surface area contributed by atoms with Crippen molar-refractivity contribution in [3.63, 3.8) is 0 Å². The van der Waals surface area contributed by atoms with Gasteiger partial charge >= 0.3 is 5.97 Å². The summed E-state index contributed by atoms with van der Waals surface area (Å²) < 4.78 is 11.0. The first kappa shape index (κ1) is 23.4. The van der Waals surface area contributed by atoms with Gasteiger partial charge in [-0.15, -0.1) is 0 Å². The van der Waals surface area contributed by atoms with E-state index < -0.39 is 18.2 Å². The Morgan fingerprint density at radius 3 is 2.13 bits per heavy atom. The van der Waals surface area contributed by atoms with E-state index in [1.54, 1.807) is 38.1 Å². The maximum Gasteiger partial charge on any atom is 0.333 e. The summed E-state index contributed by atoms with van der Waals surface area (Å²) in [7, 11) is 0. The van der Waals surface area contributed by atoms with Gasteiger partial charge in [0.2, 0.25) is 0 Å². The predicted molar refractivity (Wildman–Crippen MR) is 117 cm³/mol. The third kappa shape index (κ3) is 6.88. The average Bonchev–Trinajstić information content (AvgIpc) is 2.68. The van der Waals surface area contributed by atoms with Crippen molar-refractivity contribution in [3.05, 3.63) is 59.7 Å². The van der Waals surface area contributed by atoms with E-state index in [1.807, 2.05) is 24.3 Å². The molecule has 0 heterocycles. The molecule has 0 saturated carbocycles. The van der Waals surface area contributed by atoms with Gasteiger partial charge in [0.25, 0.3) is 5.91 Å². The van der Waals surface area contributed by atoms with Crippen LogP contribution in [-0.4, -0.2) is 35.8 Å². The number of hydrogen-bond acceptors (Lipinski definition) is 4. The van der Waals surface area contributed by atoms with Crippen LogP contribution in [-0.2, 0) is 26.2 Å². The number of carbonyl (C=O) groups is 2. The van der Waals surface area contributed by atoms with Gasteiger partial charge in [0, 0.05) is 18.7 Å². The van der Waals surface area contributed by atoms with Crippen LogP contribution in [0, 0.1) is 0 Å². The highest BCUT2D eigenvalue weighted by Crippen LogP contribution is 2.23. The van der Waals surface area contributed by atoms with Crippen molar-refractivity contribution in [2.24, 2.45) is 0 Å². The van der Waals surface area contributed by atoms with Gasteiger partial charge in [-0.1, -0.05) is 45.0 Å². The van der Waals surface area contributed by atoms with Crippen LogP contribution in [0.5, 0.6) is 5.75 Å². The van der Waals surface area contributed by atoms with E-state index in [4.69, 9.17) is 9.47 Å². The number of carboxylic acids is 1. The van der Waals surface area contributed by atoms with Crippen LogP contribution in [0.15, 0.2) is 48.5 Å². The number of anilines is 1. The third-order valence-corrected chi connectivity index (χ3v) is 4.69. The monoisotopic (exact) mass is 413 g/mol. The fourth-order valence-electron chi connectivity index (χ4n) is 2.89. The fraction of sp³-hybridized carbons (Fsp3) is 0.417. The van der Waals surface area contributed by atoms with E-state index in [-0.39, 0.29) is 17.7 Å². The Labute approximate surface area is 178 Å². The lowest BCUT2D eigenvalue weighted by Crippen LogP contribution is -2.30. The first-order valence-corrected chi connectivity index (χ1v) is 10.1. The molecule has 1 unspecified atom stereocenters. The van der Waals surface area contributed by atoms with Crippen LogP contribution in [0.25, 0.3) is 0 Å². The molecule has 30 heavy (non-hydrogen) atoms. The van der Waals surface area contributed by atoms with E-state index in [1.165, 1.54) is 5.56 Å². The van der Waals surface area contributed by atoms with Gasteiger partial charge in [0.05, 0.1) is 0 Å². The van der Waals surface area contributed by atoms with Crippen molar-refractivity contribution < 1.29 is 24.2 Å². The minimum atomic E-state index is -0.988. The zero-order valence-corrected chi connectivity index (χ0v) is 18.3. The molecule has 6 nitrogen and oxygen atoms in total. The Balaban J connectivity index is 1.92. The number of aliphatic carboxylic acids is 1. The van der Waals surface area contributed by atoms with Gasteiger partial charge in [0.15, 0.2) is 12.2 Å². The molecule has 2 atom stereocenters. The zero-order chi connectivity index (χ0) is 22.3. The summed E-state index contributed by atoms with van der Waals surface area (Å²) in [5.41, 5.74) is 2.78. The van der Waals surface area contributed by atoms with Crippen LogP contribution in [0.3, 0.4) is 0 Å². The minimum absolute atomic E-state index is 0.0538. The number of benzene rings is 2. The largest absolute Gasteiger partial charge is 0.481 e. The molecule has 2 aromatic carbocycles. The van der Waals surface area contributed by atoms with Crippen LogP contribution in [0.1, 0.15) is 45.7 Å². The van der Waals surface area contributed by atoms with Gasteiger partial charge in [0.1, 0.15) is 5.75 Å². The van der Waals surface area contributed by atoms with Crippen LogP contribution in [0.2, 0.25) is 0 Å². The molecule has 2 N–H and O–H groups in total. The Morgan fingerprint density at radius 2 is 1.63 bits per heavy atom. The molecule has 0 spiro atoms. The first-order chi connectivity index (χ1) is 14.1. The number of hydrogen-bond donors (Lipinski definition) is 2. The van der Waals surface area contributed by atoms with E-state index >= 15 is 0 Å². The van der Waals surface area contributed by atoms with E-state index in [0.29, 0.717) is 12.4 Å². The lowest BCUT2D eigenvalue weighted by Gasteiger charge is -2.20. The Hall–Kier alpha value is -2.86. The molecule has 0 bridgehead atoms. The van der Waals surface area contributed by atoms with E-state index in [9.17, 15) is 14.7 Å². The molecule has 0 radical (unpaired) electrons. The maximum atomic E-state index is 12.4. The maximum absolute atomic E-state index is 12.4. The number of carbonyl (C=O) groups excluding carboxylic acids is 1. The number of carboxylic acid groups (broad SMARTS) is 1. The second kappa shape index (κ2) is 10.3. The van der Waals surface area contributed by atoms with Crippen LogP contribution >= 0.6 is 0 Å². The molecule has 2 rings (SSSR count). The van der Waals surface area contributed by atoms with Gasteiger partial charge in [-0.3, -0.25) is 4.79 Å². The Morgan fingerprint density at radius 1 is 1.03 bits per heavy atom. The molecular weight excluding hydrogens is 382 g/mol. The second-order valence-electron chi connectivity index (χ2n) is 8.21. The summed E-state index contributed by atoms with van der Waals surface area (Å²) in [5, 5.41) is 12.0. The quantitative estimate of drug-likeness (QED) is 0.636. The number of amides is 1. The van der Waals surface area contributed by atoms with Crippen molar-refractivity contribution in [3.8, 4) is 5.75 Å². The molecule has 2 aromatic rings. The summed E-state index contributed by atoms with van der Waals surface area (Å²) in [6.07, 6.45) is -1.30. The minimum Gasteiger partial charge on any atom is -0.481 e. The molecule has 6 heteroatoms. The highest BCUT2D eigenvalue weighted by Gasteiger charge is 2.19. The Bertz CT molecular complexity index is 837. The second-order valence-corrected chi connectivity index (χ2v) is 8.21. The molecule has 0 aromatic heterocycles. The fourth-order valence-corrected chi connectivity index (χ4v) is 2.89. The van der Waals surface area contributed by atoms with E-state index in [0.717, 1.165) is 11.3 Å². The molecule has 162 valence electrons. The van der Waals surface area contributed by atoms with Crippen molar-refractivity contribution >= 4 is 17.6 Å². The third-order valence-electron chi connectivity index (χ3n) is 4.69. The molecule has 0 aliphatic carbocycles. The number of nitrogens with one attached hydrogen (secondary N) is 1. The summed E-state index contributed by atoms with van der Waals surface area (Å²) >= 11 is 0. The van der Waals surface area contributed by atoms with Gasteiger partial charge in [-0.2, -0.15) is 0 Å². The lowest BCUT2D eigenvalue weighted by molar-refractivity contribution is -0.149. The van der Waals surface area contributed by atoms with Crippen LogP contribution < -0.4 is 10.1 Å². The van der Waals surface area contributed by atoms with Gasteiger partial charge < -0.3 is 19.9 Å². The topological polar surface area (TPSA) is 84.9 Å². The zero-order valence-electron chi connectivity index (χ0n) is 18.3. The van der Waals surface area contributed by atoms with Crippen LogP contribution in [0.4, 0.5) is 5.69 Å². The molecule has 0 saturated heterocycles. The first-order valence-electron chi connectivity index (χ1n) is 10.1. The highest BCUT2D eigenvalue weighted by molar-refractivity contribution is 5.94. The summed E-state index contributed by atoms with van der Waals surface area (Å²) in [6.45, 7) is 10.2. The van der Waals surface area contributed by atoms with Crippen molar-refractivity contribution in [2.75, 3.05) is 11.9 Å². The van der Waals surface area contributed by atoms with Gasteiger partial charge in [-0.05, 0) is 54.7 Å². The standard InChI is InChI=1S/C24H31NO5/c1-6-29-21(23(27)28)15-17-7-13-20(14-8-17)30-16(2)22(26)25-19-11-9-18(10-12-19)24(3,4)5/h7-14,16,21H,6,15H2,1-5H3,(H,25,26)(H,27,28)/t16?,21-/m1/s1. The average molecular weight is 414 g/mol. The Kier molecular flexibility index (Phi) is 8.00. The lowest BCUT2D eigenvalue weighted by atomic mass is 9.87. The normalized spacial score (nSPS) is 13.4. The van der Waals surface area contributed by atoms with Crippen molar-refractivity contribution in [1.29, 1.82) is 0 Å². The van der Waals surface area contributed by atoms with Crippen molar-refractivity contribution in [1.82, 2.24) is 0 Å². The number of rotatable bonds is 9. The summed E-state index contributed by atoms with van der Waals surface area (Å²) in [5.74, 6) is -0.698. The van der Waals surface area contributed by atoms with E-state index in [2.05, 4.69) is 26.1 Å². The van der Waals surface area contributed by atoms with Crippen molar-refractivity contribution in [2.45, 2.75) is 58.7 Å². The smallest absolute Gasteiger partial charge is 0.333 e. The molecule has 0 aliphatic heterocycles. The SMILES string of the molecule is CCO[C@H](Cc1ccc(OC(C)C(=O)Nc2ccc(C(C)(C)C)cc2)cc1)C(=O)O.